The van der Waals surface area contributed by atoms with E-state index in [4.69, 9.17) is 20.1 Å². The van der Waals surface area contributed by atoms with Crippen molar-refractivity contribution in [3.63, 3.8) is 0 Å². The second-order valence-electron chi connectivity index (χ2n) is 4.30. The lowest BCUT2D eigenvalue weighted by Gasteiger charge is -2.27. The zero-order valence-electron chi connectivity index (χ0n) is 10.9. The summed E-state index contributed by atoms with van der Waals surface area (Å²) in [7, 11) is 0. The van der Waals surface area contributed by atoms with Gasteiger partial charge in [-0.1, -0.05) is 6.92 Å². The topological polar surface area (TPSA) is 104 Å². The lowest BCUT2D eigenvalue weighted by molar-refractivity contribution is -0.145. The minimum Gasteiger partial charge on any atom is -0.478 e. The van der Waals surface area contributed by atoms with Gasteiger partial charge in [0.25, 0.3) is 0 Å². The molecule has 3 N–H and O–H groups in total. The van der Waals surface area contributed by atoms with Crippen molar-refractivity contribution in [2.24, 2.45) is 5.41 Å². The van der Waals surface area contributed by atoms with E-state index in [-0.39, 0.29) is 31.0 Å². The largest absolute Gasteiger partial charge is 0.478 e. The number of carbonyl (C=O) groups excluding carboxylic acids is 1. The van der Waals surface area contributed by atoms with Gasteiger partial charge in [-0.25, -0.2) is 9.59 Å². The molecule has 0 unspecified atom stereocenters. The van der Waals surface area contributed by atoms with Gasteiger partial charge < -0.3 is 20.1 Å². The van der Waals surface area contributed by atoms with Gasteiger partial charge in [-0.2, -0.15) is 0 Å². The molecule has 0 amide bonds. The number of aliphatic hydroxyl groups is 2. The lowest BCUT2D eigenvalue weighted by Crippen LogP contribution is -2.35. The van der Waals surface area contributed by atoms with Crippen LogP contribution in [0.25, 0.3) is 0 Å². The molecule has 6 heteroatoms. The lowest BCUT2D eigenvalue weighted by atomic mass is 9.88. The summed E-state index contributed by atoms with van der Waals surface area (Å²) in [6.45, 7) is 3.65. The molecule has 0 rings (SSSR count). The Balaban J connectivity index is 4.70. The molecule has 0 atom stereocenters. The molecule has 0 aromatic rings. The van der Waals surface area contributed by atoms with Gasteiger partial charge in [0.05, 0.1) is 18.6 Å². The number of ether oxygens (including phenoxy) is 1. The zero-order chi connectivity index (χ0) is 14.3. The Labute approximate surface area is 106 Å². The van der Waals surface area contributed by atoms with Crippen LogP contribution in [0.2, 0.25) is 0 Å². The van der Waals surface area contributed by atoms with Gasteiger partial charge in [0, 0.05) is 11.1 Å². The van der Waals surface area contributed by atoms with E-state index in [1.165, 1.54) is 13.8 Å². The maximum absolute atomic E-state index is 11.6. The zero-order valence-corrected chi connectivity index (χ0v) is 10.9. The fraction of sp³-hybridized carbons (Fsp3) is 0.667. The van der Waals surface area contributed by atoms with Crippen LogP contribution in [0.15, 0.2) is 11.1 Å². The number of hydrogen-bond donors (Lipinski definition) is 3. The highest BCUT2D eigenvalue weighted by molar-refractivity contribution is 5.98. The van der Waals surface area contributed by atoms with Crippen molar-refractivity contribution in [1.82, 2.24) is 0 Å². The summed E-state index contributed by atoms with van der Waals surface area (Å²) in [5.41, 5.74) is -0.967. The van der Waals surface area contributed by atoms with E-state index in [0.29, 0.717) is 6.42 Å². The molecule has 0 radical (unpaired) electrons. The highest BCUT2D eigenvalue weighted by atomic mass is 16.5. The molecule has 0 aromatic heterocycles. The third-order valence-corrected chi connectivity index (χ3v) is 3.12. The van der Waals surface area contributed by atoms with Crippen LogP contribution in [0.1, 0.15) is 27.2 Å². The molecule has 0 spiro atoms. The summed E-state index contributed by atoms with van der Waals surface area (Å²) in [6, 6.07) is 0. The summed E-state index contributed by atoms with van der Waals surface area (Å²) in [4.78, 5) is 22.2. The van der Waals surface area contributed by atoms with Crippen LogP contribution in [-0.2, 0) is 14.3 Å². The molecular formula is C12H20O6. The Morgan fingerprint density at radius 3 is 1.94 bits per heavy atom. The molecule has 0 saturated heterocycles. The predicted octanol–water partition coefficient (Wildman–Crippen LogP) is 0.332. The second kappa shape index (κ2) is 7.13. The van der Waals surface area contributed by atoms with Gasteiger partial charge >= 0.3 is 11.9 Å². The Morgan fingerprint density at radius 2 is 1.61 bits per heavy atom. The van der Waals surface area contributed by atoms with Crippen LogP contribution in [0.4, 0.5) is 0 Å². The van der Waals surface area contributed by atoms with E-state index in [1.54, 1.807) is 6.92 Å². The van der Waals surface area contributed by atoms with Crippen LogP contribution in [0, 0.1) is 5.41 Å². The van der Waals surface area contributed by atoms with E-state index in [0.717, 1.165) is 0 Å². The molecule has 104 valence electrons. The fourth-order valence-electron chi connectivity index (χ4n) is 1.11. The first kappa shape index (κ1) is 16.6. The smallest absolute Gasteiger partial charge is 0.334 e. The van der Waals surface area contributed by atoms with E-state index in [2.05, 4.69) is 0 Å². The van der Waals surface area contributed by atoms with Gasteiger partial charge in [0.2, 0.25) is 0 Å². The van der Waals surface area contributed by atoms with E-state index < -0.39 is 17.4 Å². The maximum Gasteiger partial charge on any atom is 0.334 e. The van der Waals surface area contributed by atoms with E-state index in [1.807, 2.05) is 0 Å². The molecule has 0 aliphatic carbocycles. The van der Waals surface area contributed by atoms with Crippen molar-refractivity contribution >= 4 is 11.9 Å². The van der Waals surface area contributed by atoms with Gasteiger partial charge in [-0.05, 0) is 20.3 Å². The number of rotatable bonds is 7. The molecule has 0 aromatic carbocycles. The van der Waals surface area contributed by atoms with Crippen LogP contribution < -0.4 is 0 Å². The number of carboxylic acid groups (broad SMARTS) is 1. The Hall–Kier alpha value is -1.40. The van der Waals surface area contributed by atoms with Crippen molar-refractivity contribution in [2.45, 2.75) is 27.2 Å². The highest BCUT2D eigenvalue weighted by Gasteiger charge is 2.29. The van der Waals surface area contributed by atoms with Crippen LogP contribution in [0.5, 0.6) is 0 Å². The normalized spacial score (nSPS) is 12.9. The third kappa shape index (κ3) is 4.12. The molecule has 6 nitrogen and oxygen atoms in total. The van der Waals surface area contributed by atoms with Gasteiger partial charge in [-0.15, -0.1) is 0 Å². The number of aliphatic hydroxyl groups excluding tert-OH is 2. The molecule has 0 saturated carbocycles. The average molecular weight is 260 g/mol. The number of hydrogen-bond acceptors (Lipinski definition) is 5. The molecule has 0 aliphatic rings. The van der Waals surface area contributed by atoms with Gasteiger partial charge in [0.15, 0.2) is 0 Å². The fourth-order valence-corrected chi connectivity index (χ4v) is 1.11. The van der Waals surface area contributed by atoms with Crippen LogP contribution >= 0.6 is 0 Å². The minimum absolute atomic E-state index is 0.00313. The van der Waals surface area contributed by atoms with E-state index in [9.17, 15) is 9.59 Å². The summed E-state index contributed by atoms with van der Waals surface area (Å²) >= 11 is 0. The first-order chi connectivity index (χ1) is 8.33. The quantitative estimate of drug-likeness (QED) is 0.450. The molecule has 0 fully saturated rings. The number of esters is 1. The number of carbonyl (C=O) groups is 2. The minimum atomic E-state index is -1.18. The third-order valence-electron chi connectivity index (χ3n) is 3.12. The molecule has 0 bridgehead atoms. The summed E-state index contributed by atoms with van der Waals surface area (Å²) in [5, 5.41) is 27.1. The second-order valence-corrected chi connectivity index (χ2v) is 4.30. The predicted molar refractivity (Wildman–Crippen MR) is 63.9 cm³/mol. The van der Waals surface area contributed by atoms with Crippen molar-refractivity contribution < 1.29 is 29.6 Å². The van der Waals surface area contributed by atoms with Gasteiger partial charge in [0.1, 0.15) is 6.61 Å². The summed E-state index contributed by atoms with van der Waals surface area (Å²) in [6.07, 6.45) is 0.438. The first-order valence-electron chi connectivity index (χ1n) is 5.63. The summed E-state index contributed by atoms with van der Waals surface area (Å²) in [5.74, 6) is -1.94. The van der Waals surface area contributed by atoms with Gasteiger partial charge in [-0.3, -0.25) is 0 Å². The highest BCUT2D eigenvalue weighted by Crippen LogP contribution is 2.21. The van der Waals surface area contributed by atoms with Crippen LogP contribution in [-0.4, -0.2) is 47.1 Å². The molecule has 18 heavy (non-hydrogen) atoms. The SMILES string of the molecule is CCC(CO)(CO)COC(=O)/C(C)=C(/C)C(=O)O. The Morgan fingerprint density at radius 1 is 1.11 bits per heavy atom. The maximum atomic E-state index is 11.6. The standard InChI is InChI=1S/C12H20O6/c1-4-12(5-13,6-14)7-18-11(17)9(3)8(2)10(15)16/h13-14H,4-7H2,1-3H3,(H,15,16)/b9-8-. The Bertz CT molecular complexity index is 332. The Kier molecular flexibility index (Phi) is 6.57. The average Bonchev–Trinajstić information content (AvgIpc) is 2.38. The van der Waals surface area contributed by atoms with Crippen molar-refractivity contribution in [3.05, 3.63) is 11.1 Å². The number of aliphatic carboxylic acids is 1. The monoisotopic (exact) mass is 260 g/mol. The molecule has 0 aliphatic heterocycles. The first-order valence-corrected chi connectivity index (χ1v) is 5.63. The van der Waals surface area contributed by atoms with Crippen molar-refractivity contribution in [1.29, 1.82) is 0 Å². The molecular weight excluding hydrogens is 240 g/mol. The summed E-state index contributed by atoms with van der Waals surface area (Å²) < 4.78 is 4.93. The molecule has 0 heterocycles. The van der Waals surface area contributed by atoms with Crippen LogP contribution in [0.3, 0.4) is 0 Å². The van der Waals surface area contributed by atoms with Crippen molar-refractivity contribution in [2.75, 3.05) is 19.8 Å². The number of carboxylic acids is 1. The van der Waals surface area contributed by atoms with E-state index >= 15 is 0 Å². The van der Waals surface area contributed by atoms with Crippen molar-refractivity contribution in [3.8, 4) is 0 Å².